The van der Waals surface area contributed by atoms with Gasteiger partial charge in [0.05, 0.1) is 18.2 Å². The number of benzene rings is 1. The van der Waals surface area contributed by atoms with Crippen molar-refractivity contribution in [1.29, 1.82) is 0 Å². The number of carbonyl (C=O) groups excluding carboxylic acids is 1. The van der Waals surface area contributed by atoms with Gasteiger partial charge in [-0.05, 0) is 19.1 Å². The summed E-state index contributed by atoms with van der Waals surface area (Å²) in [5, 5.41) is 0. The predicted molar refractivity (Wildman–Crippen MR) is 67.1 cm³/mol. The summed E-state index contributed by atoms with van der Waals surface area (Å²) in [4.78, 5) is 11.1. The number of carbonyl (C=O) groups is 1. The molecule has 0 amide bonds. The lowest BCUT2D eigenvalue weighted by molar-refractivity contribution is -0.150. The Hall–Kier alpha value is -1.41. The molecule has 0 aromatic heterocycles. The zero-order valence-corrected chi connectivity index (χ0v) is 11.6. The van der Waals surface area contributed by atoms with Gasteiger partial charge in [0.2, 0.25) is 6.17 Å². The number of nitrogens with two attached hydrogens (primary N) is 1. The van der Waals surface area contributed by atoms with E-state index in [1.165, 1.54) is 6.92 Å². The van der Waals surface area contributed by atoms with Gasteiger partial charge in [-0.3, -0.25) is 0 Å². The first-order valence-corrected chi connectivity index (χ1v) is 5.61. The largest absolute Gasteiger partial charge is 0.464 e. The van der Waals surface area contributed by atoms with Crippen LogP contribution in [-0.4, -0.2) is 18.7 Å². The monoisotopic (exact) mass is 333 g/mol. The fraction of sp³-hybridized carbons (Fsp3) is 0.417. The summed E-state index contributed by atoms with van der Waals surface area (Å²) in [7, 11) is 0. The quantitative estimate of drug-likeness (QED) is 0.680. The van der Waals surface area contributed by atoms with E-state index in [-0.39, 0.29) is 25.1 Å². The summed E-state index contributed by atoms with van der Waals surface area (Å²) in [5.41, 5.74) is 3.58. The highest BCUT2D eigenvalue weighted by Crippen LogP contribution is 2.31. The van der Waals surface area contributed by atoms with Gasteiger partial charge in [-0.1, -0.05) is 6.07 Å². The van der Waals surface area contributed by atoms with E-state index in [9.17, 15) is 26.7 Å². The van der Waals surface area contributed by atoms with Crippen LogP contribution in [0.2, 0.25) is 0 Å². The number of hydrogen-bond donors (Lipinski definition) is 1. The first-order valence-electron chi connectivity index (χ1n) is 5.61. The predicted octanol–water partition coefficient (Wildman–Crippen LogP) is 3.17. The van der Waals surface area contributed by atoms with Crippen molar-refractivity contribution in [2.45, 2.75) is 25.3 Å². The number of alkyl halides is 4. The van der Waals surface area contributed by atoms with Gasteiger partial charge in [0.25, 0.3) is 0 Å². The highest BCUT2D eigenvalue weighted by atomic mass is 35.5. The molecule has 21 heavy (non-hydrogen) atoms. The lowest BCUT2D eigenvalue weighted by atomic mass is 10.0. The summed E-state index contributed by atoms with van der Waals surface area (Å²) in [5.74, 6) is -2.63. The van der Waals surface area contributed by atoms with Crippen LogP contribution >= 0.6 is 12.4 Å². The molecule has 1 rings (SSSR count). The van der Waals surface area contributed by atoms with Crippen molar-refractivity contribution >= 4 is 18.4 Å². The second kappa shape index (κ2) is 7.56. The Morgan fingerprint density at radius 1 is 1.38 bits per heavy atom. The Labute approximate surface area is 123 Å². The number of esters is 1. The van der Waals surface area contributed by atoms with Crippen molar-refractivity contribution in [3.05, 3.63) is 35.1 Å². The minimum atomic E-state index is -4.72. The van der Waals surface area contributed by atoms with Crippen LogP contribution in [0.5, 0.6) is 0 Å². The third-order valence-corrected chi connectivity index (χ3v) is 2.51. The van der Waals surface area contributed by atoms with Gasteiger partial charge in [0.15, 0.2) is 0 Å². The van der Waals surface area contributed by atoms with E-state index in [1.807, 2.05) is 0 Å². The van der Waals surface area contributed by atoms with Crippen LogP contribution in [0.4, 0.5) is 22.0 Å². The second-order valence-electron chi connectivity index (χ2n) is 3.91. The average molecular weight is 334 g/mol. The smallest absolute Gasteiger partial charge is 0.416 e. The number of hydrogen-bond acceptors (Lipinski definition) is 3. The average Bonchev–Trinajstić information content (AvgIpc) is 2.36. The molecule has 0 heterocycles. The Morgan fingerprint density at radius 3 is 2.38 bits per heavy atom. The maximum Gasteiger partial charge on any atom is 0.416 e. The van der Waals surface area contributed by atoms with Crippen LogP contribution < -0.4 is 5.73 Å². The third-order valence-electron chi connectivity index (χ3n) is 2.51. The van der Waals surface area contributed by atoms with Crippen molar-refractivity contribution in [3.8, 4) is 0 Å². The standard InChI is InChI=1S/C12H12F5NO2.ClH/c1-2-20-11(19)9(14)10(18)7-4-3-6(5-8(7)13)12(15,16)17;/h3-5,9-10H,2,18H2,1H3;1H/t9?,10-;/m0./s1. The Kier molecular flexibility index (Phi) is 7.05. The van der Waals surface area contributed by atoms with Crippen LogP contribution in [0.1, 0.15) is 24.1 Å². The molecule has 2 atom stereocenters. The highest BCUT2D eigenvalue weighted by Gasteiger charge is 2.34. The van der Waals surface area contributed by atoms with Gasteiger partial charge in [-0.15, -0.1) is 12.4 Å². The lowest BCUT2D eigenvalue weighted by Gasteiger charge is -2.17. The third kappa shape index (κ3) is 4.82. The van der Waals surface area contributed by atoms with Gasteiger partial charge >= 0.3 is 12.1 Å². The Balaban J connectivity index is 0.00000400. The number of halogens is 6. The van der Waals surface area contributed by atoms with E-state index in [0.717, 1.165) is 0 Å². The molecule has 0 saturated heterocycles. The minimum Gasteiger partial charge on any atom is -0.464 e. The topological polar surface area (TPSA) is 52.3 Å². The highest BCUT2D eigenvalue weighted by molar-refractivity contribution is 5.85. The molecule has 1 aromatic carbocycles. The fourth-order valence-electron chi connectivity index (χ4n) is 1.50. The summed E-state index contributed by atoms with van der Waals surface area (Å²) in [6.45, 7) is 1.34. The maximum atomic E-state index is 13.6. The lowest BCUT2D eigenvalue weighted by Crippen LogP contribution is -2.32. The minimum absolute atomic E-state index is 0. The molecular formula is C12H13ClF5NO2. The molecule has 1 aromatic rings. The van der Waals surface area contributed by atoms with Crippen LogP contribution in [-0.2, 0) is 15.7 Å². The van der Waals surface area contributed by atoms with Gasteiger partial charge in [-0.25, -0.2) is 13.6 Å². The van der Waals surface area contributed by atoms with E-state index in [2.05, 4.69) is 4.74 Å². The summed E-state index contributed by atoms with van der Waals surface area (Å²) < 4.78 is 68.5. The SMILES string of the molecule is CCOC(=O)C(F)[C@@H](N)c1ccc(C(F)(F)F)cc1F.Cl. The molecule has 1 unspecified atom stereocenters. The van der Waals surface area contributed by atoms with Gasteiger partial charge in [-0.2, -0.15) is 13.2 Å². The molecule has 9 heteroatoms. The number of rotatable bonds is 4. The number of ether oxygens (including phenoxy) is 1. The second-order valence-corrected chi connectivity index (χ2v) is 3.91. The summed E-state index contributed by atoms with van der Waals surface area (Å²) in [6, 6.07) is -0.269. The molecule has 0 bridgehead atoms. The van der Waals surface area contributed by atoms with Crippen LogP contribution in [0.15, 0.2) is 18.2 Å². The fourth-order valence-corrected chi connectivity index (χ4v) is 1.50. The molecule has 2 N–H and O–H groups in total. The molecule has 0 fully saturated rings. The molecular weight excluding hydrogens is 321 g/mol. The molecule has 0 aliphatic rings. The first-order chi connectivity index (χ1) is 9.18. The summed E-state index contributed by atoms with van der Waals surface area (Å²) >= 11 is 0. The zero-order chi connectivity index (χ0) is 15.5. The van der Waals surface area contributed by atoms with Crippen molar-refractivity contribution in [1.82, 2.24) is 0 Å². The van der Waals surface area contributed by atoms with Crippen molar-refractivity contribution in [2.75, 3.05) is 6.61 Å². The normalized spacial score (nSPS) is 14.0. The molecule has 0 saturated carbocycles. The van der Waals surface area contributed by atoms with Crippen LogP contribution in [0.3, 0.4) is 0 Å². The van der Waals surface area contributed by atoms with Crippen molar-refractivity contribution < 1.29 is 31.5 Å². The Morgan fingerprint density at radius 2 is 1.95 bits per heavy atom. The molecule has 0 aliphatic heterocycles. The van der Waals surface area contributed by atoms with Crippen LogP contribution in [0, 0.1) is 5.82 Å². The van der Waals surface area contributed by atoms with Crippen molar-refractivity contribution in [2.24, 2.45) is 5.73 Å². The molecule has 120 valence electrons. The zero-order valence-electron chi connectivity index (χ0n) is 10.8. The van der Waals surface area contributed by atoms with Gasteiger partial charge < -0.3 is 10.5 Å². The maximum absolute atomic E-state index is 13.6. The van der Waals surface area contributed by atoms with E-state index in [4.69, 9.17) is 5.73 Å². The molecule has 0 spiro atoms. The molecule has 3 nitrogen and oxygen atoms in total. The Bertz CT molecular complexity index is 495. The van der Waals surface area contributed by atoms with Crippen LogP contribution in [0.25, 0.3) is 0 Å². The van der Waals surface area contributed by atoms with E-state index >= 15 is 0 Å². The van der Waals surface area contributed by atoms with Crippen molar-refractivity contribution in [3.63, 3.8) is 0 Å². The van der Waals surface area contributed by atoms with E-state index in [1.54, 1.807) is 0 Å². The van der Waals surface area contributed by atoms with E-state index < -0.39 is 41.3 Å². The summed E-state index contributed by atoms with van der Waals surface area (Å²) in [6.07, 6.45) is -7.08. The van der Waals surface area contributed by atoms with Gasteiger partial charge in [0.1, 0.15) is 5.82 Å². The molecule has 0 radical (unpaired) electrons. The first kappa shape index (κ1) is 19.6. The van der Waals surface area contributed by atoms with Gasteiger partial charge in [0, 0.05) is 5.56 Å². The van der Waals surface area contributed by atoms with E-state index in [0.29, 0.717) is 12.1 Å². The molecule has 0 aliphatic carbocycles.